The Morgan fingerprint density at radius 3 is 2.72 bits per heavy atom. The molecule has 0 amide bonds. The minimum atomic E-state index is -0.255. The zero-order chi connectivity index (χ0) is 25.2. The first kappa shape index (κ1) is 24.0. The van der Waals surface area contributed by atoms with E-state index in [0.29, 0.717) is 29.9 Å². The molecule has 1 atom stereocenters. The molecule has 0 aliphatic carbocycles. The van der Waals surface area contributed by atoms with E-state index in [4.69, 9.17) is 26.3 Å². The second-order valence-corrected chi connectivity index (χ2v) is 8.99. The highest BCUT2D eigenvalue weighted by molar-refractivity contribution is 6.29. The van der Waals surface area contributed by atoms with Gasteiger partial charge >= 0.3 is 0 Å². The fourth-order valence-electron chi connectivity index (χ4n) is 4.41. The molecule has 2 aromatic heterocycles. The van der Waals surface area contributed by atoms with Crippen LogP contribution in [0.3, 0.4) is 0 Å². The lowest BCUT2D eigenvalue weighted by molar-refractivity contribution is 0.413. The Morgan fingerprint density at radius 1 is 1.22 bits per heavy atom. The Hall–Kier alpha value is -3.69. The van der Waals surface area contributed by atoms with E-state index < -0.39 is 0 Å². The fraction of sp³-hybridized carbons (Fsp3) is 0.269. The van der Waals surface area contributed by atoms with Crippen molar-refractivity contribution in [3.05, 3.63) is 82.8 Å². The molecule has 10 heteroatoms. The Labute approximate surface area is 214 Å². The number of ether oxygens (including phenoxy) is 1. The smallest absolute Gasteiger partial charge is 0.229 e. The second kappa shape index (κ2) is 10.1. The molecule has 0 saturated heterocycles. The number of fused-ring (bicyclic) bond motifs is 1. The predicted octanol–water partition coefficient (Wildman–Crippen LogP) is 4.90. The minimum Gasteiger partial charge on any atom is -0.494 e. The number of methoxy groups -OCH3 is 1. The van der Waals surface area contributed by atoms with Crippen LogP contribution in [0.25, 0.3) is 5.69 Å². The molecule has 1 aliphatic rings. The van der Waals surface area contributed by atoms with Crippen molar-refractivity contribution in [1.82, 2.24) is 24.8 Å². The molecule has 0 saturated carbocycles. The molecule has 5 rings (SSSR count). The monoisotopic (exact) mass is 507 g/mol. The molecular formula is C26H27ClFN7O. The van der Waals surface area contributed by atoms with Gasteiger partial charge in [0.1, 0.15) is 28.9 Å². The van der Waals surface area contributed by atoms with Gasteiger partial charge in [0.25, 0.3) is 0 Å². The van der Waals surface area contributed by atoms with Gasteiger partial charge < -0.3 is 24.8 Å². The summed E-state index contributed by atoms with van der Waals surface area (Å²) in [5.74, 6) is 1.71. The maximum Gasteiger partial charge on any atom is 0.229 e. The Bertz CT molecular complexity index is 1380. The predicted molar refractivity (Wildman–Crippen MR) is 139 cm³/mol. The standard InChI is InChI=1S/C26H27ClFN7O/c1-4-34(2)25-20-13-29-12-19(16-5-7-17(28)8-6-16)24(20)32-26(33-25)31-18-9-10-21(22(11-18)36-3)35-14-23(27)30-15-35/h5-11,14-15,19,29H,4,12-13H2,1-3H3,(H,31,32,33). The average Bonchev–Trinajstić information content (AvgIpc) is 3.33. The van der Waals surface area contributed by atoms with Gasteiger partial charge in [-0.15, -0.1) is 0 Å². The maximum absolute atomic E-state index is 13.6. The summed E-state index contributed by atoms with van der Waals surface area (Å²) in [6, 6.07) is 12.4. The molecule has 186 valence electrons. The van der Waals surface area contributed by atoms with Crippen LogP contribution in [-0.2, 0) is 6.54 Å². The number of nitrogens with one attached hydrogen (secondary N) is 2. The van der Waals surface area contributed by atoms with Crippen LogP contribution >= 0.6 is 11.6 Å². The van der Waals surface area contributed by atoms with Crippen molar-refractivity contribution in [3.8, 4) is 11.4 Å². The van der Waals surface area contributed by atoms with Gasteiger partial charge in [0, 0.05) is 56.1 Å². The van der Waals surface area contributed by atoms with Crippen LogP contribution in [0.5, 0.6) is 5.75 Å². The fourth-order valence-corrected chi connectivity index (χ4v) is 4.55. The summed E-state index contributed by atoms with van der Waals surface area (Å²) in [5.41, 5.74) is 4.58. The maximum atomic E-state index is 13.6. The molecule has 1 unspecified atom stereocenters. The summed E-state index contributed by atoms with van der Waals surface area (Å²) in [7, 11) is 3.63. The average molecular weight is 508 g/mol. The highest BCUT2D eigenvalue weighted by Gasteiger charge is 2.28. The van der Waals surface area contributed by atoms with Gasteiger partial charge in [-0.05, 0) is 36.8 Å². The number of anilines is 3. The number of hydrogen-bond acceptors (Lipinski definition) is 7. The van der Waals surface area contributed by atoms with Gasteiger partial charge in [-0.3, -0.25) is 0 Å². The Kier molecular flexibility index (Phi) is 6.75. The number of nitrogens with zero attached hydrogens (tertiary/aromatic N) is 5. The molecule has 1 aliphatic heterocycles. The third-order valence-corrected chi connectivity index (χ3v) is 6.57. The van der Waals surface area contributed by atoms with E-state index in [9.17, 15) is 4.39 Å². The Balaban J connectivity index is 1.54. The zero-order valence-corrected chi connectivity index (χ0v) is 21.1. The number of rotatable bonds is 7. The summed E-state index contributed by atoms with van der Waals surface area (Å²) in [5, 5.41) is 7.23. The number of aromatic nitrogens is 4. The van der Waals surface area contributed by atoms with E-state index in [1.165, 1.54) is 12.1 Å². The highest BCUT2D eigenvalue weighted by atomic mass is 35.5. The van der Waals surface area contributed by atoms with E-state index in [-0.39, 0.29) is 11.7 Å². The third kappa shape index (κ3) is 4.72. The number of imidazole rings is 1. The highest BCUT2D eigenvalue weighted by Crippen LogP contribution is 2.35. The third-order valence-electron chi connectivity index (χ3n) is 6.37. The van der Waals surface area contributed by atoms with Crippen LogP contribution in [0, 0.1) is 5.82 Å². The van der Waals surface area contributed by atoms with Gasteiger partial charge in [-0.1, -0.05) is 23.7 Å². The number of halogens is 2. The van der Waals surface area contributed by atoms with Crippen LogP contribution in [0.15, 0.2) is 55.0 Å². The summed E-state index contributed by atoms with van der Waals surface area (Å²) in [6.45, 7) is 4.25. The summed E-state index contributed by atoms with van der Waals surface area (Å²) in [4.78, 5) is 16.0. The van der Waals surface area contributed by atoms with Crippen LogP contribution < -0.4 is 20.3 Å². The van der Waals surface area contributed by atoms with Crippen molar-refractivity contribution in [1.29, 1.82) is 0 Å². The van der Waals surface area contributed by atoms with Gasteiger partial charge in [0.05, 0.1) is 18.5 Å². The lowest BCUT2D eigenvalue weighted by Gasteiger charge is -2.30. The Morgan fingerprint density at radius 2 is 2.03 bits per heavy atom. The zero-order valence-electron chi connectivity index (χ0n) is 20.3. The normalized spacial score (nSPS) is 14.9. The van der Waals surface area contributed by atoms with E-state index in [1.807, 2.05) is 37.4 Å². The quantitative estimate of drug-likeness (QED) is 0.368. The molecular weight excluding hydrogens is 481 g/mol. The van der Waals surface area contributed by atoms with Crippen LogP contribution in [0.1, 0.15) is 29.7 Å². The van der Waals surface area contributed by atoms with E-state index in [2.05, 4.69) is 27.4 Å². The van der Waals surface area contributed by atoms with Crippen LogP contribution in [0.4, 0.5) is 21.8 Å². The van der Waals surface area contributed by atoms with Gasteiger partial charge in [0.15, 0.2) is 0 Å². The molecule has 0 fully saturated rings. The van der Waals surface area contributed by atoms with Crippen molar-refractivity contribution in [2.24, 2.45) is 0 Å². The molecule has 36 heavy (non-hydrogen) atoms. The van der Waals surface area contributed by atoms with E-state index in [0.717, 1.165) is 40.6 Å². The minimum absolute atomic E-state index is 0.0233. The number of benzene rings is 2. The molecule has 0 radical (unpaired) electrons. The van der Waals surface area contributed by atoms with Gasteiger partial charge in [-0.25, -0.2) is 14.4 Å². The first-order valence-corrected chi connectivity index (χ1v) is 12.1. The van der Waals surface area contributed by atoms with Crippen molar-refractivity contribution in [2.75, 3.05) is 37.5 Å². The molecule has 0 spiro atoms. The van der Waals surface area contributed by atoms with Crippen molar-refractivity contribution in [2.45, 2.75) is 19.4 Å². The summed E-state index contributed by atoms with van der Waals surface area (Å²) >= 11 is 5.99. The summed E-state index contributed by atoms with van der Waals surface area (Å²) in [6.07, 6.45) is 3.35. The number of hydrogen-bond donors (Lipinski definition) is 2. The SMILES string of the molecule is CCN(C)c1nc(Nc2ccc(-n3cnc(Cl)c3)c(OC)c2)nc2c1CNCC2c1ccc(F)cc1. The van der Waals surface area contributed by atoms with Crippen molar-refractivity contribution < 1.29 is 9.13 Å². The summed E-state index contributed by atoms with van der Waals surface area (Å²) < 4.78 is 21.0. The molecule has 0 bridgehead atoms. The first-order chi connectivity index (χ1) is 17.5. The topological polar surface area (TPSA) is 80.1 Å². The van der Waals surface area contributed by atoms with Crippen LogP contribution in [0.2, 0.25) is 5.15 Å². The lowest BCUT2D eigenvalue weighted by atomic mass is 9.89. The van der Waals surface area contributed by atoms with Crippen molar-refractivity contribution in [3.63, 3.8) is 0 Å². The van der Waals surface area contributed by atoms with Gasteiger partial charge in [-0.2, -0.15) is 4.98 Å². The largest absolute Gasteiger partial charge is 0.494 e. The van der Waals surface area contributed by atoms with Crippen LogP contribution in [-0.4, -0.2) is 46.8 Å². The lowest BCUT2D eigenvalue weighted by Crippen LogP contribution is -2.33. The molecule has 8 nitrogen and oxygen atoms in total. The van der Waals surface area contributed by atoms with E-state index in [1.54, 1.807) is 24.2 Å². The molecule has 2 aromatic carbocycles. The van der Waals surface area contributed by atoms with E-state index >= 15 is 0 Å². The molecule has 4 aromatic rings. The second-order valence-electron chi connectivity index (χ2n) is 8.60. The van der Waals surface area contributed by atoms with Crippen molar-refractivity contribution >= 4 is 29.1 Å². The first-order valence-electron chi connectivity index (χ1n) is 11.7. The molecule has 2 N–H and O–H groups in total. The molecule has 3 heterocycles. The van der Waals surface area contributed by atoms with Gasteiger partial charge in [0.2, 0.25) is 5.95 Å².